The van der Waals surface area contributed by atoms with Crippen molar-refractivity contribution in [3.63, 3.8) is 0 Å². The number of hydrogen-bond acceptors (Lipinski definition) is 4. The van der Waals surface area contributed by atoms with E-state index in [-0.39, 0.29) is 37.5 Å². The molecule has 0 spiro atoms. The zero-order valence-electron chi connectivity index (χ0n) is 14.2. The monoisotopic (exact) mass is 499 g/mol. The van der Waals surface area contributed by atoms with E-state index >= 15 is 0 Å². The predicted molar refractivity (Wildman–Crippen MR) is 101 cm³/mol. The Balaban J connectivity index is 2.29. The van der Waals surface area contributed by atoms with Gasteiger partial charge < -0.3 is 14.8 Å². The number of ether oxygens (including phenoxy) is 2. The van der Waals surface area contributed by atoms with Crippen LogP contribution in [0, 0.1) is 6.92 Å². The first-order valence-corrected chi connectivity index (χ1v) is 8.97. The lowest BCUT2D eigenvalue weighted by molar-refractivity contribution is -0.167. The average molecular weight is 501 g/mol. The third kappa shape index (κ3) is 5.30. The van der Waals surface area contributed by atoms with E-state index in [2.05, 4.69) is 15.9 Å². The molecule has 11 heteroatoms. The second-order valence-corrected chi connectivity index (χ2v) is 7.05. The van der Waals surface area contributed by atoms with E-state index in [1.807, 2.05) is 0 Å². The van der Waals surface area contributed by atoms with Crippen LogP contribution >= 0.6 is 39.1 Å². The second-order valence-electron chi connectivity index (χ2n) is 5.41. The van der Waals surface area contributed by atoms with E-state index < -0.39 is 18.1 Å². The normalized spacial score (nSPS) is 11.1. The standard InChI is InChI=1S/C17H11BrCl2F3NO4/c1-7-13(27-8(2)25)6-11(19)15(14(7)20)28-9-3-4-12(10(18)5-9)24-16(26)17(21,22)23/h3-6H,1-2H3,(H,24,26). The molecule has 1 amide bonds. The number of benzene rings is 2. The summed E-state index contributed by atoms with van der Waals surface area (Å²) in [4.78, 5) is 22.2. The first kappa shape index (κ1) is 22.3. The SMILES string of the molecule is CC(=O)Oc1cc(Cl)c(Oc2ccc(NC(=O)C(F)(F)F)c(Br)c2)c(Cl)c1C. The highest BCUT2D eigenvalue weighted by Crippen LogP contribution is 2.43. The molecular formula is C17H11BrCl2F3NO4. The van der Waals surface area contributed by atoms with E-state index in [9.17, 15) is 22.8 Å². The van der Waals surface area contributed by atoms with Crippen LogP contribution in [-0.2, 0) is 9.59 Å². The molecule has 0 saturated carbocycles. The fourth-order valence-corrected chi connectivity index (χ4v) is 2.97. The zero-order valence-corrected chi connectivity index (χ0v) is 17.3. The van der Waals surface area contributed by atoms with Gasteiger partial charge in [0.25, 0.3) is 0 Å². The smallest absolute Gasteiger partial charge is 0.454 e. The highest BCUT2D eigenvalue weighted by atomic mass is 79.9. The van der Waals surface area contributed by atoms with Gasteiger partial charge in [0.05, 0.1) is 15.7 Å². The van der Waals surface area contributed by atoms with Crippen molar-refractivity contribution in [3.8, 4) is 17.2 Å². The predicted octanol–water partition coefficient (Wildman–Crippen LogP) is 6.28. The van der Waals surface area contributed by atoms with Crippen LogP contribution in [0.15, 0.2) is 28.7 Å². The van der Waals surface area contributed by atoms with Gasteiger partial charge in [-0.1, -0.05) is 23.2 Å². The molecule has 0 aromatic heterocycles. The summed E-state index contributed by atoms with van der Waals surface area (Å²) >= 11 is 15.4. The number of carbonyl (C=O) groups excluding carboxylic acids is 2. The Kier molecular flexibility index (Phi) is 6.84. The van der Waals surface area contributed by atoms with Crippen LogP contribution < -0.4 is 14.8 Å². The highest BCUT2D eigenvalue weighted by Gasteiger charge is 2.38. The van der Waals surface area contributed by atoms with Crippen LogP contribution in [0.5, 0.6) is 17.2 Å². The first-order valence-electron chi connectivity index (χ1n) is 7.42. The van der Waals surface area contributed by atoms with Gasteiger partial charge in [-0.05, 0) is 41.1 Å². The number of halogens is 6. The zero-order chi connectivity index (χ0) is 21.2. The van der Waals surface area contributed by atoms with Crippen molar-refractivity contribution in [1.29, 1.82) is 0 Å². The molecule has 0 aliphatic heterocycles. The topological polar surface area (TPSA) is 64.6 Å². The van der Waals surface area contributed by atoms with Crippen LogP contribution in [0.1, 0.15) is 12.5 Å². The van der Waals surface area contributed by atoms with Crippen molar-refractivity contribution in [1.82, 2.24) is 0 Å². The molecule has 0 unspecified atom stereocenters. The lowest BCUT2D eigenvalue weighted by Gasteiger charge is -2.15. The quantitative estimate of drug-likeness (QED) is 0.396. The lowest BCUT2D eigenvalue weighted by Crippen LogP contribution is -2.30. The summed E-state index contributed by atoms with van der Waals surface area (Å²) in [6, 6.07) is 5.21. The maximum absolute atomic E-state index is 12.4. The van der Waals surface area contributed by atoms with Gasteiger partial charge in [0.1, 0.15) is 11.5 Å². The lowest BCUT2D eigenvalue weighted by atomic mass is 10.2. The van der Waals surface area contributed by atoms with Crippen molar-refractivity contribution in [2.75, 3.05) is 5.32 Å². The second kappa shape index (κ2) is 8.59. The van der Waals surface area contributed by atoms with E-state index in [1.165, 1.54) is 31.2 Å². The Labute approximate surface area is 175 Å². The van der Waals surface area contributed by atoms with Gasteiger partial charge in [-0.25, -0.2) is 0 Å². The van der Waals surface area contributed by atoms with Gasteiger partial charge in [0.2, 0.25) is 0 Å². The van der Waals surface area contributed by atoms with Crippen molar-refractivity contribution >= 4 is 56.7 Å². The van der Waals surface area contributed by atoms with Crippen LogP contribution in [0.3, 0.4) is 0 Å². The molecule has 2 aromatic carbocycles. The van der Waals surface area contributed by atoms with Crippen molar-refractivity contribution in [3.05, 3.63) is 44.3 Å². The molecule has 150 valence electrons. The van der Waals surface area contributed by atoms with Crippen molar-refractivity contribution in [2.24, 2.45) is 0 Å². The Hall–Kier alpha value is -1.97. The van der Waals surface area contributed by atoms with Gasteiger partial charge in [-0.3, -0.25) is 9.59 Å². The van der Waals surface area contributed by atoms with Gasteiger partial charge >= 0.3 is 18.1 Å². The number of alkyl halides is 3. The number of hydrogen-bond donors (Lipinski definition) is 1. The van der Waals surface area contributed by atoms with Gasteiger partial charge in [0, 0.05) is 23.0 Å². The molecule has 2 rings (SSSR count). The summed E-state index contributed by atoms with van der Waals surface area (Å²) in [6.07, 6.45) is -5.02. The number of esters is 1. The molecule has 1 N–H and O–H groups in total. The Morgan fingerprint density at radius 1 is 1.18 bits per heavy atom. The van der Waals surface area contributed by atoms with E-state index in [4.69, 9.17) is 32.7 Å². The summed E-state index contributed by atoms with van der Waals surface area (Å²) in [7, 11) is 0. The number of nitrogens with one attached hydrogen (secondary N) is 1. The third-order valence-corrected chi connectivity index (χ3v) is 4.68. The maximum Gasteiger partial charge on any atom is 0.471 e. The summed E-state index contributed by atoms with van der Waals surface area (Å²) < 4.78 is 47.8. The minimum atomic E-state index is -5.02. The summed E-state index contributed by atoms with van der Waals surface area (Å²) in [5, 5.41) is 1.88. The number of rotatable bonds is 4. The summed E-state index contributed by atoms with van der Waals surface area (Å²) in [5.41, 5.74) is 0.303. The number of anilines is 1. The van der Waals surface area contributed by atoms with Crippen LogP contribution in [0.2, 0.25) is 10.0 Å². The van der Waals surface area contributed by atoms with Crippen molar-refractivity contribution in [2.45, 2.75) is 20.0 Å². The number of amides is 1. The minimum Gasteiger partial charge on any atom is -0.454 e. The maximum atomic E-state index is 12.4. The van der Waals surface area contributed by atoms with E-state index in [0.717, 1.165) is 0 Å². The van der Waals surface area contributed by atoms with E-state index in [1.54, 1.807) is 12.2 Å². The minimum absolute atomic E-state index is 0.0532. The van der Waals surface area contributed by atoms with Crippen molar-refractivity contribution < 1.29 is 32.2 Å². The van der Waals surface area contributed by atoms with E-state index in [0.29, 0.717) is 5.56 Å². The number of carbonyl (C=O) groups is 2. The molecular weight excluding hydrogens is 490 g/mol. The Morgan fingerprint density at radius 2 is 1.82 bits per heavy atom. The molecule has 0 bridgehead atoms. The molecule has 0 aliphatic rings. The third-order valence-electron chi connectivity index (χ3n) is 3.29. The van der Waals surface area contributed by atoms with Crippen LogP contribution in [0.25, 0.3) is 0 Å². The highest BCUT2D eigenvalue weighted by molar-refractivity contribution is 9.10. The molecule has 2 aromatic rings. The molecule has 0 aliphatic carbocycles. The first-order chi connectivity index (χ1) is 12.9. The van der Waals surface area contributed by atoms with Gasteiger partial charge in [-0.15, -0.1) is 0 Å². The fourth-order valence-electron chi connectivity index (χ4n) is 2.00. The summed E-state index contributed by atoms with van der Waals surface area (Å²) in [6.45, 7) is 2.82. The fraction of sp³-hybridized carbons (Fsp3) is 0.176. The molecule has 28 heavy (non-hydrogen) atoms. The van der Waals surface area contributed by atoms with Crippen LogP contribution in [-0.4, -0.2) is 18.1 Å². The molecule has 0 saturated heterocycles. The molecule has 0 fully saturated rings. The molecule has 0 atom stereocenters. The average Bonchev–Trinajstić information content (AvgIpc) is 2.57. The Morgan fingerprint density at radius 3 is 2.36 bits per heavy atom. The Bertz CT molecular complexity index is 951. The molecule has 0 radical (unpaired) electrons. The molecule has 0 heterocycles. The molecule has 5 nitrogen and oxygen atoms in total. The summed E-state index contributed by atoms with van der Waals surface area (Å²) in [5.74, 6) is -2.24. The van der Waals surface area contributed by atoms with Gasteiger partial charge in [-0.2, -0.15) is 13.2 Å². The van der Waals surface area contributed by atoms with Crippen LogP contribution in [0.4, 0.5) is 18.9 Å². The van der Waals surface area contributed by atoms with Gasteiger partial charge in [0.15, 0.2) is 5.75 Å². The largest absolute Gasteiger partial charge is 0.471 e.